The topological polar surface area (TPSA) is 89.3 Å². The number of nitrogens with one attached hydrogen (secondary N) is 2. The Bertz CT molecular complexity index is 680. The van der Waals surface area contributed by atoms with Gasteiger partial charge >= 0.3 is 6.09 Å². The lowest BCUT2D eigenvalue weighted by Gasteiger charge is -2.19. The number of hydrogen-bond acceptors (Lipinski definition) is 5. The fourth-order valence-corrected chi connectivity index (χ4v) is 2.16. The van der Waals surface area contributed by atoms with E-state index in [2.05, 4.69) is 15.6 Å². The van der Waals surface area contributed by atoms with Gasteiger partial charge in [0.1, 0.15) is 5.60 Å². The second kappa shape index (κ2) is 7.17. The SMILES string of the molecule is CC(C)(C)OC(=O)NCCCNc1ccc2cnccc2c1N. The number of carbonyl (C=O) groups is 1. The number of nitrogen functional groups attached to an aromatic ring is 1. The molecule has 0 aliphatic heterocycles. The predicted molar refractivity (Wildman–Crippen MR) is 93.5 cm³/mol. The molecule has 0 fully saturated rings. The summed E-state index contributed by atoms with van der Waals surface area (Å²) in [6.45, 7) is 6.76. The molecule has 1 aromatic carbocycles. The van der Waals surface area contributed by atoms with Gasteiger partial charge < -0.3 is 21.1 Å². The largest absolute Gasteiger partial charge is 0.444 e. The molecule has 2 rings (SSSR count). The molecule has 0 atom stereocenters. The second-order valence-electron chi connectivity index (χ2n) is 6.33. The van der Waals surface area contributed by atoms with Gasteiger partial charge in [-0.05, 0) is 39.3 Å². The van der Waals surface area contributed by atoms with Crippen molar-refractivity contribution in [3.05, 3.63) is 30.6 Å². The molecule has 0 saturated carbocycles. The highest BCUT2D eigenvalue weighted by molar-refractivity contribution is 5.98. The molecule has 0 spiro atoms. The third kappa shape index (κ3) is 5.02. The van der Waals surface area contributed by atoms with E-state index in [0.29, 0.717) is 18.8 Å². The summed E-state index contributed by atoms with van der Waals surface area (Å²) in [6, 6.07) is 5.83. The first kappa shape index (κ1) is 16.9. The van der Waals surface area contributed by atoms with Gasteiger partial charge in [-0.15, -0.1) is 0 Å². The minimum atomic E-state index is -0.475. The van der Waals surface area contributed by atoms with Crippen LogP contribution in [0.4, 0.5) is 16.2 Å². The Hall–Kier alpha value is -2.50. The average molecular weight is 316 g/mol. The number of aromatic nitrogens is 1. The second-order valence-corrected chi connectivity index (χ2v) is 6.33. The van der Waals surface area contributed by atoms with E-state index in [1.807, 2.05) is 39.0 Å². The summed E-state index contributed by atoms with van der Waals surface area (Å²) in [4.78, 5) is 15.6. The number of pyridine rings is 1. The Kier molecular flexibility index (Phi) is 5.26. The highest BCUT2D eigenvalue weighted by atomic mass is 16.6. The van der Waals surface area contributed by atoms with Gasteiger partial charge in [-0.1, -0.05) is 6.07 Å². The number of alkyl carbamates (subject to hydrolysis) is 1. The lowest BCUT2D eigenvalue weighted by molar-refractivity contribution is 0.0528. The van der Waals surface area contributed by atoms with Crippen molar-refractivity contribution >= 4 is 28.2 Å². The number of hydrogen-bond donors (Lipinski definition) is 3. The van der Waals surface area contributed by atoms with Crippen molar-refractivity contribution in [3.8, 4) is 0 Å². The van der Waals surface area contributed by atoms with Crippen molar-refractivity contribution in [2.24, 2.45) is 0 Å². The Labute approximate surface area is 136 Å². The summed E-state index contributed by atoms with van der Waals surface area (Å²) in [5.74, 6) is 0. The van der Waals surface area contributed by atoms with Crippen LogP contribution < -0.4 is 16.4 Å². The van der Waals surface area contributed by atoms with Crippen LogP contribution in [0.1, 0.15) is 27.2 Å². The molecule has 6 nitrogen and oxygen atoms in total. The summed E-state index contributed by atoms with van der Waals surface area (Å²) in [5.41, 5.74) is 7.30. The number of nitrogens with two attached hydrogens (primary N) is 1. The van der Waals surface area contributed by atoms with Crippen molar-refractivity contribution in [2.75, 3.05) is 24.1 Å². The van der Waals surface area contributed by atoms with E-state index in [-0.39, 0.29) is 0 Å². The summed E-state index contributed by atoms with van der Waals surface area (Å²) < 4.78 is 5.17. The van der Waals surface area contributed by atoms with Gasteiger partial charge in [0.15, 0.2) is 0 Å². The molecular weight excluding hydrogens is 292 g/mol. The number of ether oxygens (including phenoxy) is 1. The third-order valence-corrected chi connectivity index (χ3v) is 3.20. The fourth-order valence-electron chi connectivity index (χ4n) is 2.16. The van der Waals surface area contributed by atoms with Crippen molar-refractivity contribution < 1.29 is 9.53 Å². The first-order valence-corrected chi connectivity index (χ1v) is 7.70. The number of amides is 1. The van der Waals surface area contributed by atoms with Crippen molar-refractivity contribution in [1.82, 2.24) is 10.3 Å². The van der Waals surface area contributed by atoms with E-state index < -0.39 is 11.7 Å². The highest BCUT2D eigenvalue weighted by Crippen LogP contribution is 2.27. The number of anilines is 2. The van der Waals surface area contributed by atoms with Crippen LogP contribution in [-0.2, 0) is 4.74 Å². The predicted octanol–water partition coefficient (Wildman–Crippen LogP) is 3.14. The molecule has 1 aromatic heterocycles. The van der Waals surface area contributed by atoms with Gasteiger partial charge in [-0.3, -0.25) is 4.98 Å². The molecule has 4 N–H and O–H groups in total. The Morgan fingerprint density at radius 1 is 1.26 bits per heavy atom. The monoisotopic (exact) mass is 316 g/mol. The Balaban J connectivity index is 1.79. The van der Waals surface area contributed by atoms with Crippen molar-refractivity contribution in [1.29, 1.82) is 0 Å². The average Bonchev–Trinajstić information content (AvgIpc) is 2.47. The number of rotatable bonds is 5. The van der Waals surface area contributed by atoms with Crippen molar-refractivity contribution in [2.45, 2.75) is 32.8 Å². The Morgan fingerprint density at radius 2 is 2.04 bits per heavy atom. The summed E-state index contributed by atoms with van der Waals surface area (Å²) >= 11 is 0. The quantitative estimate of drug-likeness (QED) is 0.582. The summed E-state index contributed by atoms with van der Waals surface area (Å²) in [7, 11) is 0. The smallest absolute Gasteiger partial charge is 0.407 e. The van der Waals surface area contributed by atoms with Gasteiger partial charge in [0.2, 0.25) is 0 Å². The zero-order valence-electron chi connectivity index (χ0n) is 13.8. The van der Waals surface area contributed by atoms with Crippen LogP contribution in [0.5, 0.6) is 0 Å². The zero-order chi connectivity index (χ0) is 16.9. The number of carbonyl (C=O) groups excluding carboxylic acids is 1. The van der Waals surface area contributed by atoms with Gasteiger partial charge in [0.05, 0.1) is 11.4 Å². The molecule has 0 radical (unpaired) electrons. The standard InChI is InChI=1S/C17H24N4O2/c1-17(2,3)23-16(22)21-9-4-8-20-14-6-5-12-11-19-10-7-13(12)15(14)18/h5-7,10-11,20H,4,8-9,18H2,1-3H3,(H,21,22). The number of nitrogens with zero attached hydrogens (tertiary/aromatic N) is 1. The van der Waals surface area contributed by atoms with Gasteiger partial charge in [-0.25, -0.2) is 4.79 Å². The molecule has 1 heterocycles. The van der Waals surface area contributed by atoms with Crippen LogP contribution in [0, 0.1) is 0 Å². The molecule has 23 heavy (non-hydrogen) atoms. The molecule has 1 amide bonds. The van der Waals surface area contributed by atoms with Crippen LogP contribution in [0.3, 0.4) is 0 Å². The fraction of sp³-hybridized carbons (Fsp3) is 0.412. The van der Waals surface area contributed by atoms with Crippen LogP contribution in [0.15, 0.2) is 30.6 Å². The Morgan fingerprint density at radius 3 is 2.78 bits per heavy atom. The molecule has 0 unspecified atom stereocenters. The molecule has 6 heteroatoms. The first-order chi connectivity index (χ1) is 10.9. The maximum absolute atomic E-state index is 11.5. The van der Waals surface area contributed by atoms with Gasteiger partial charge in [0, 0.05) is 36.3 Å². The van der Waals surface area contributed by atoms with Crippen LogP contribution in [-0.4, -0.2) is 29.8 Å². The van der Waals surface area contributed by atoms with Crippen LogP contribution in [0.25, 0.3) is 10.8 Å². The number of fused-ring (bicyclic) bond motifs is 1. The van der Waals surface area contributed by atoms with Gasteiger partial charge in [0.25, 0.3) is 0 Å². The van der Waals surface area contributed by atoms with Gasteiger partial charge in [-0.2, -0.15) is 0 Å². The first-order valence-electron chi connectivity index (χ1n) is 7.70. The van der Waals surface area contributed by atoms with E-state index in [1.165, 1.54) is 0 Å². The van der Waals surface area contributed by atoms with Crippen LogP contribution in [0.2, 0.25) is 0 Å². The van der Waals surface area contributed by atoms with Crippen LogP contribution >= 0.6 is 0 Å². The van der Waals surface area contributed by atoms with E-state index in [9.17, 15) is 4.79 Å². The normalized spacial score (nSPS) is 11.3. The maximum atomic E-state index is 11.5. The molecule has 0 bridgehead atoms. The molecular formula is C17H24N4O2. The maximum Gasteiger partial charge on any atom is 0.407 e. The minimum Gasteiger partial charge on any atom is -0.444 e. The van der Waals surface area contributed by atoms with E-state index >= 15 is 0 Å². The molecule has 2 aromatic rings. The summed E-state index contributed by atoms with van der Waals surface area (Å²) in [5, 5.41) is 8.02. The van der Waals surface area contributed by atoms with E-state index in [1.54, 1.807) is 12.4 Å². The van der Waals surface area contributed by atoms with E-state index in [0.717, 1.165) is 22.9 Å². The molecule has 0 saturated heterocycles. The molecule has 124 valence electrons. The molecule has 0 aliphatic carbocycles. The zero-order valence-corrected chi connectivity index (χ0v) is 13.8. The lowest BCUT2D eigenvalue weighted by Crippen LogP contribution is -2.33. The highest BCUT2D eigenvalue weighted by Gasteiger charge is 2.15. The third-order valence-electron chi connectivity index (χ3n) is 3.20. The number of benzene rings is 1. The molecule has 0 aliphatic rings. The van der Waals surface area contributed by atoms with E-state index in [4.69, 9.17) is 10.5 Å². The minimum absolute atomic E-state index is 0.393. The van der Waals surface area contributed by atoms with Crippen molar-refractivity contribution in [3.63, 3.8) is 0 Å². The lowest BCUT2D eigenvalue weighted by atomic mass is 10.1. The summed E-state index contributed by atoms with van der Waals surface area (Å²) in [6.07, 6.45) is 3.90.